The molecule has 0 aromatic rings. The van der Waals surface area contributed by atoms with Crippen molar-refractivity contribution in [3.05, 3.63) is 0 Å². The molecule has 0 bridgehead atoms. The van der Waals surface area contributed by atoms with Gasteiger partial charge < -0.3 is 21.3 Å². The molecule has 0 saturated carbocycles. The molecule has 0 heterocycles. The molecule has 0 aromatic carbocycles. The largest absolute Gasteiger partial charge is 0.330 e. The van der Waals surface area contributed by atoms with Crippen LogP contribution in [0.4, 0.5) is 0 Å². The van der Waals surface area contributed by atoms with E-state index in [1.807, 2.05) is 0 Å². The van der Waals surface area contributed by atoms with E-state index in [4.69, 9.17) is 11.5 Å². The molecule has 0 aliphatic rings. The Morgan fingerprint density at radius 1 is 0.611 bits per heavy atom. The second kappa shape index (κ2) is 13.3. The SMILES string of the molecule is CN(C)CCCCN(CCCCN)CCCCN. The molecule has 0 amide bonds. The monoisotopic (exact) mass is 258 g/mol. The summed E-state index contributed by atoms with van der Waals surface area (Å²) < 4.78 is 0. The van der Waals surface area contributed by atoms with E-state index in [0.29, 0.717) is 0 Å². The van der Waals surface area contributed by atoms with Gasteiger partial charge in [0.2, 0.25) is 0 Å². The Balaban J connectivity index is 3.66. The second-order valence-corrected chi connectivity index (χ2v) is 5.34. The van der Waals surface area contributed by atoms with Crippen LogP contribution in [0.25, 0.3) is 0 Å². The zero-order chi connectivity index (χ0) is 13.6. The first-order chi connectivity index (χ1) is 8.70. The van der Waals surface area contributed by atoms with Crippen LogP contribution in [-0.4, -0.2) is 63.2 Å². The predicted octanol–water partition coefficient (Wildman–Crippen LogP) is 1.11. The summed E-state index contributed by atoms with van der Waals surface area (Å²) in [6, 6.07) is 0. The molecular formula is C14H34N4. The van der Waals surface area contributed by atoms with Crippen molar-refractivity contribution >= 4 is 0 Å². The summed E-state index contributed by atoms with van der Waals surface area (Å²) in [5, 5.41) is 0. The van der Waals surface area contributed by atoms with Crippen LogP contribution < -0.4 is 11.5 Å². The van der Waals surface area contributed by atoms with Crippen LogP contribution in [0.3, 0.4) is 0 Å². The lowest BCUT2D eigenvalue weighted by atomic mass is 10.2. The van der Waals surface area contributed by atoms with Gasteiger partial charge in [-0.15, -0.1) is 0 Å². The smallest absolute Gasteiger partial charge is 0.00183 e. The fourth-order valence-corrected chi connectivity index (χ4v) is 2.06. The highest BCUT2D eigenvalue weighted by Crippen LogP contribution is 2.02. The molecule has 0 fully saturated rings. The maximum atomic E-state index is 5.55. The average molecular weight is 258 g/mol. The Labute approximate surface area is 114 Å². The van der Waals surface area contributed by atoms with Gasteiger partial charge in [-0.3, -0.25) is 0 Å². The van der Waals surface area contributed by atoms with Gasteiger partial charge in [-0.05, 0) is 91.9 Å². The summed E-state index contributed by atoms with van der Waals surface area (Å²) in [5.41, 5.74) is 11.1. The third kappa shape index (κ3) is 12.3. The molecule has 0 saturated heterocycles. The van der Waals surface area contributed by atoms with E-state index in [2.05, 4.69) is 23.9 Å². The third-order valence-electron chi connectivity index (χ3n) is 3.19. The number of nitrogens with two attached hydrogens (primary N) is 2. The van der Waals surface area contributed by atoms with E-state index in [-0.39, 0.29) is 0 Å². The second-order valence-electron chi connectivity index (χ2n) is 5.34. The van der Waals surface area contributed by atoms with Crippen molar-refractivity contribution < 1.29 is 0 Å². The fraction of sp³-hybridized carbons (Fsp3) is 1.00. The van der Waals surface area contributed by atoms with Crippen molar-refractivity contribution in [2.45, 2.75) is 38.5 Å². The minimum Gasteiger partial charge on any atom is -0.330 e. The molecule has 0 atom stereocenters. The first kappa shape index (κ1) is 17.8. The highest BCUT2D eigenvalue weighted by molar-refractivity contribution is 4.60. The molecule has 4 nitrogen and oxygen atoms in total. The first-order valence-electron chi connectivity index (χ1n) is 7.48. The van der Waals surface area contributed by atoms with Crippen molar-refractivity contribution in [2.24, 2.45) is 11.5 Å². The minimum absolute atomic E-state index is 0.817. The van der Waals surface area contributed by atoms with Gasteiger partial charge in [0.05, 0.1) is 0 Å². The molecule has 0 aliphatic heterocycles. The fourth-order valence-electron chi connectivity index (χ4n) is 2.06. The Morgan fingerprint density at radius 3 is 1.39 bits per heavy atom. The van der Waals surface area contributed by atoms with Crippen molar-refractivity contribution in [1.29, 1.82) is 0 Å². The van der Waals surface area contributed by atoms with E-state index < -0.39 is 0 Å². The molecular weight excluding hydrogens is 224 g/mol. The van der Waals surface area contributed by atoms with Gasteiger partial charge in [0.15, 0.2) is 0 Å². The van der Waals surface area contributed by atoms with Gasteiger partial charge in [0.25, 0.3) is 0 Å². The van der Waals surface area contributed by atoms with Gasteiger partial charge in [-0.1, -0.05) is 0 Å². The maximum absolute atomic E-state index is 5.55. The summed E-state index contributed by atoms with van der Waals surface area (Å²) in [5.74, 6) is 0. The Bertz CT molecular complexity index is 152. The lowest BCUT2D eigenvalue weighted by molar-refractivity contribution is 0.253. The molecule has 18 heavy (non-hydrogen) atoms. The van der Waals surface area contributed by atoms with Crippen LogP contribution in [-0.2, 0) is 0 Å². The number of nitrogens with zero attached hydrogens (tertiary/aromatic N) is 2. The molecule has 110 valence electrons. The summed E-state index contributed by atoms with van der Waals surface area (Å²) in [7, 11) is 4.28. The maximum Gasteiger partial charge on any atom is -0.00183 e. The highest BCUT2D eigenvalue weighted by atomic mass is 15.1. The van der Waals surface area contributed by atoms with Crippen LogP contribution in [0, 0.1) is 0 Å². The zero-order valence-corrected chi connectivity index (χ0v) is 12.5. The van der Waals surface area contributed by atoms with Crippen LogP contribution in [0.5, 0.6) is 0 Å². The van der Waals surface area contributed by atoms with Gasteiger partial charge in [0.1, 0.15) is 0 Å². The average Bonchev–Trinajstić information content (AvgIpc) is 2.34. The van der Waals surface area contributed by atoms with E-state index in [0.717, 1.165) is 25.9 Å². The number of unbranched alkanes of at least 4 members (excludes halogenated alkanes) is 3. The minimum atomic E-state index is 0.817. The zero-order valence-electron chi connectivity index (χ0n) is 12.5. The Hall–Kier alpha value is -0.160. The van der Waals surface area contributed by atoms with E-state index in [1.165, 1.54) is 51.9 Å². The molecule has 0 radical (unpaired) electrons. The topological polar surface area (TPSA) is 58.5 Å². The number of rotatable bonds is 13. The standard InChI is InChI=1S/C14H34N4/c1-17(2)11-7-8-14-18(12-5-3-9-15)13-6-4-10-16/h3-16H2,1-2H3. The molecule has 4 heteroatoms. The van der Waals surface area contributed by atoms with Gasteiger partial charge >= 0.3 is 0 Å². The Morgan fingerprint density at radius 2 is 1.00 bits per heavy atom. The molecule has 0 aromatic heterocycles. The molecule has 0 spiro atoms. The van der Waals surface area contributed by atoms with Crippen molar-refractivity contribution in [3.8, 4) is 0 Å². The van der Waals surface area contributed by atoms with Crippen molar-refractivity contribution in [1.82, 2.24) is 9.80 Å². The Kier molecular flexibility index (Phi) is 13.2. The quantitative estimate of drug-likeness (QED) is 0.486. The summed E-state index contributed by atoms with van der Waals surface area (Å²) >= 11 is 0. The van der Waals surface area contributed by atoms with E-state index >= 15 is 0 Å². The van der Waals surface area contributed by atoms with Crippen LogP contribution in [0.1, 0.15) is 38.5 Å². The highest BCUT2D eigenvalue weighted by Gasteiger charge is 2.04. The molecule has 0 aliphatic carbocycles. The van der Waals surface area contributed by atoms with Crippen molar-refractivity contribution in [2.75, 3.05) is 53.4 Å². The summed E-state index contributed by atoms with van der Waals surface area (Å²) in [6.07, 6.45) is 7.33. The summed E-state index contributed by atoms with van der Waals surface area (Å²) in [4.78, 5) is 4.84. The normalized spacial score (nSPS) is 11.7. The number of hydrogen-bond acceptors (Lipinski definition) is 4. The lowest BCUT2D eigenvalue weighted by Crippen LogP contribution is -2.28. The van der Waals surface area contributed by atoms with E-state index in [1.54, 1.807) is 0 Å². The predicted molar refractivity (Wildman–Crippen MR) is 80.8 cm³/mol. The summed E-state index contributed by atoms with van der Waals surface area (Å²) in [6.45, 7) is 6.45. The van der Waals surface area contributed by atoms with Crippen molar-refractivity contribution in [3.63, 3.8) is 0 Å². The molecule has 0 rings (SSSR count). The van der Waals surface area contributed by atoms with Crippen LogP contribution in [0.2, 0.25) is 0 Å². The third-order valence-corrected chi connectivity index (χ3v) is 3.19. The molecule has 0 unspecified atom stereocenters. The van der Waals surface area contributed by atoms with Gasteiger partial charge in [-0.25, -0.2) is 0 Å². The van der Waals surface area contributed by atoms with Crippen LogP contribution >= 0.6 is 0 Å². The van der Waals surface area contributed by atoms with E-state index in [9.17, 15) is 0 Å². The lowest BCUT2D eigenvalue weighted by Gasteiger charge is -2.22. The number of hydrogen-bond donors (Lipinski definition) is 2. The van der Waals surface area contributed by atoms with Gasteiger partial charge in [-0.2, -0.15) is 0 Å². The van der Waals surface area contributed by atoms with Gasteiger partial charge in [0, 0.05) is 0 Å². The van der Waals surface area contributed by atoms with Crippen LogP contribution in [0.15, 0.2) is 0 Å². The first-order valence-corrected chi connectivity index (χ1v) is 7.48. The molecule has 4 N–H and O–H groups in total.